The Morgan fingerprint density at radius 1 is 1.13 bits per heavy atom. The van der Waals surface area contributed by atoms with E-state index in [-0.39, 0.29) is 34.6 Å². The first kappa shape index (κ1) is 22.7. The van der Waals surface area contributed by atoms with E-state index in [1.807, 2.05) is 0 Å². The summed E-state index contributed by atoms with van der Waals surface area (Å²) in [7, 11) is 0. The van der Waals surface area contributed by atoms with Crippen molar-refractivity contribution in [2.75, 3.05) is 0 Å². The molecule has 9 atom stereocenters. The minimum absolute atomic E-state index is 0.0126. The molecule has 3 saturated carbocycles. The Morgan fingerprint density at radius 2 is 1.84 bits per heavy atom. The molecule has 4 rings (SSSR count). The van der Waals surface area contributed by atoms with Gasteiger partial charge in [0.2, 0.25) is 11.8 Å². The second kappa shape index (κ2) is 7.51. The molecule has 4 aliphatic rings. The molecule has 7 heteroatoms. The van der Waals surface area contributed by atoms with Crippen molar-refractivity contribution >= 4 is 11.8 Å². The lowest BCUT2D eigenvalue weighted by Crippen LogP contribution is -2.59. The lowest BCUT2D eigenvalue weighted by Gasteiger charge is -2.58. The molecule has 2 unspecified atom stereocenters. The molecule has 31 heavy (non-hydrogen) atoms. The van der Waals surface area contributed by atoms with Crippen molar-refractivity contribution < 1.29 is 22.8 Å². The van der Waals surface area contributed by atoms with Crippen molar-refractivity contribution in [2.45, 2.75) is 84.5 Å². The first-order chi connectivity index (χ1) is 14.4. The van der Waals surface area contributed by atoms with Gasteiger partial charge in [-0.05, 0) is 74.7 Å². The van der Waals surface area contributed by atoms with Crippen LogP contribution in [0.15, 0.2) is 12.2 Å². The summed E-state index contributed by atoms with van der Waals surface area (Å²) in [4.78, 5) is 25.0. The molecule has 4 nitrogen and oxygen atoms in total. The van der Waals surface area contributed by atoms with E-state index in [9.17, 15) is 22.8 Å². The molecule has 0 radical (unpaired) electrons. The molecular formula is C24H35F3N2O2. The van der Waals surface area contributed by atoms with Gasteiger partial charge in [-0.1, -0.05) is 26.8 Å². The van der Waals surface area contributed by atoms with E-state index in [1.54, 1.807) is 6.08 Å². The van der Waals surface area contributed by atoms with E-state index < -0.39 is 18.1 Å². The van der Waals surface area contributed by atoms with Gasteiger partial charge >= 0.3 is 6.18 Å². The molecule has 3 aliphatic carbocycles. The molecular weight excluding hydrogens is 405 g/mol. The number of carbonyl (C=O) groups is 2. The first-order valence-corrected chi connectivity index (χ1v) is 11.7. The highest BCUT2D eigenvalue weighted by molar-refractivity contribution is 5.89. The molecule has 1 heterocycles. The number of rotatable bonds is 3. The number of nitrogens with one attached hydrogen (secondary N) is 2. The van der Waals surface area contributed by atoms with Crippen LogP contribution in [-0.4, -0.2) is 30.1 Å². The molecule has 3 fully saturated rings. The minimum atomic E-state index is -4.32. The summed E-state index contributed by atoms with van der Waals surface area (Å²) in [6.07, 6.45) is 5.03. The Balaban J connectivity index is 1.50. The monoisotopic (exact) mass is 440 g/mol. The van der Waals surface area contributed by atoms with E-state index in [4.69, 9.17) is 0 Å². The van der Waals surface area contributed by atoms with Gasteiger partial charge in [-0.25, -0.2) is 0 Å². The molecule has 0 bridgehead atoms. The summed E-state index contributed by atoms with van der Waals surface area (Å²) in [5.74, 6) is -0.662. The second-order valence-corrected chi connectivity index (χ2v) is 11.0. The Kier molecular flexibility index (Phi) is 5.49. The fourth-order valence-electron chi connectivity index (χ4n) is 7.50. The zero-order valence-corrected chi connectivity index (χ0v) is 18.9. The molecule has 0 spiro atoms. The largest absolute Gasteiger partial charge is 0.393 e. The van der Waals surface area contributed by atoms with Crippen LogP contribution in [0.4, 0.5) is 13.2 Å². The maximum atomic E-state index is 13.1. The Bertz CT molecular complexity index is 781. The highest BCUT2D eigenvalue weighted by Gasteiger charge is 2.61. The zero-order chi connectivity index (χ0) is 22.8. The normalized spacial score (nSPS) is 43.8. The van der Waals surface area contributed by atoms with E-state index in [0.717, 1.165) is 45.4 Å². The standard InChI is InChI=1S/C24H35F3N2O2/c1-13(24(25,26)27)14(2)28-21(31)18-7-6-16-15-5-8-19-23(4,12-10-20(30)29-19)17(15)9-11-22(16,18)3/h10,12-19H,5-9,11H2,1-4H3,(H,28,31)(H,29,30)/t13?,14?,15-,16-,17-,18+,19+,22-,23+/m0/s1. The minimum Gasteiger partial charge on any atom is -0.353 e. The van der Waals surface area contributed by atoms with Crippen LogP contribution >= 0.6 is 0 Å². The predicted octanol–water partition coefficient (Wildman–Crippen LogP) is 4.60. The van der Waals surface area contributed by atoms with Crippen molar-refractivity contribution in [1.82, 2.24) is 10.6 Å². The van der Waals surface area contributed by atoms with Crippen LogP contribution in [-0.2, 0) is 9.59 Å². The second-order valence-electron chi connectivity index (χ2n) is 11.0. The van der Waals surface area contributed by atoms with E-state index in [0.29, 0.717) is 17.8 Å². The van der Waals surface area contributed by atoms with Crippen LogP contribution in [0.3, 0.4) is 0 Å². The Hall–Kier alpha value is -1.53. The maximum absolute atomic E-state index is 13.1. The fraction of sp³-hybridized carbons (Fsp3) is 0.833. The number of fused-ring (bicyclic) bond motifs is 5. The topological polar surface area (TPSA) is 58.2 Å². The highest BCUT2D eigenvalue weighted by atomic mass is 19.4. The number of alkyl halides is 3. The van der Waals surface area contributed by atoms with Crippen LogP contribution in [0.25, 0.3) is 0 Å². The van der Waals surface area contributed by atoms with Crippen LogP contribution in [0, 0.1) is 40.4 Å². The third kappa shape index (κ3) is 3.60. The third-order valence-electron chi connectivity index (χ3n) is 9.64. The number of hydrogen-bond donors (Lipinski definition) is 2. The number of hydrogen-bond acceptors (Lipinski definition) is 2. The molecule has 174 valence electrons. The van der Waals surface area contributed by atoms with Gasteiger partial charge in [-0.3, -0.25) is 9.59 Å². The van der Waals surface area contributed by atoms with Gasteiger partial charge in [0, 0.05) is 23.4 Å². The van der Waals surface area contributed by atoms with Crippen LogP contribution in [0.5, 0.6) is 0 Å². The van der Waals surface area contributed by atoms with Crippen LogP contribution in [0.1, 0.15) is 66.2 Å². The Labute approximate surface area is 182 Å². The predicted molar refractivity (Wildman–Crippen MR) is 112 cm³/mol. The summed E-state index contributed by atoms with van der Waals surface area (Å²) < 4.78 is 39.2. The van der Waals surface area contributed by atoms with E-state index >= 15 is 0 Å². The van der Waals surface area contributed by atoms with Crippen molar-refractivity contribution in [1.29, 1.82) is 0 Å². The van der Waals surface area contributed by atoms with Gasteiger partial charge in [0.1, 0.15) is 0 Å². The van der Waals surface area contributed by atoms with Gasteiger partial charge in [-0.15, -0.1) is 0 Å². The third-order valence-corrected chi connectivity index (χ3v) is 9.64. The molecule has 1 aliphatic heterocycles. The van der Waals surface area contributed by atoms with Crippen molar-refractivity contribution in [2.24, 2.45) is 40.4 Å². The molecule has 0 aromatic rings. The summed E-state index contributed by atoms with van der Waals surface area (Å²) in [5.41, 5.74) is -0.230. The number of amides is 2. The fourth-order valence-corrected chi connectivity index (χ4v) is 7.50. The lowest BCUT2D eigenvalue weighted by atomic mass is 9.48. The van der Waals surface area contributed by atoms with Gasteiger partial charge in [0.25, 0.3) is 0 Å². The lowest BCUT2D eigenvalue weighted by molar-refractivity contribution is -0.177. The van der Waals surface area contributed by atoms with Crippen molar-refractivity contribution in [3.8, 4) is 0 Å². The van der Waals surface area contributed by atoms with Crippen molar-refractivity contribution in [3.05, 3.63) is 12.2 Å². The van der Waals surface area contributed by atoms with Gasteiger partial charge < -0.3 is 10.6 Å². The zero-order valence-electron chi connectivity index (χ0n) is 18.9. The van der Waals surface area contributed by atoms with Gasteiger partial charge in [-0.2, -0.15) is 13.2 Å². The van der Waals surface area contributed by atoms with E-state index in [2.05, 4.69) is 30.6 Å². The summed E-state index contributed by atoms with van der Waals surface area (Å²) in [6, 6.07) is -0.766. The summed E-state index contributed by atoms with van der Waals surface area (Å²) in [5, 5.41) is 5.85. The molecule has 0 aromatic carbocycles. The quantitative estimate of drug-likeness (QED) is 0.674. The molecule has 0 aromatic heterocycles. The number of carbonyl (C=O) groups excluding carboxylic acids is 2. The smallest absolute Gasteiger partial charge is 0.353 e. The van der Waals surface area contributed by atoms with Gasteiger partial charge in [0.05, 0.1) is 5.92 Å². The molecule has 2 amide bonds. The summed E-state index contributed by atoms with van der Waals surface area (Å²) in [6.45, 7) is 7.03. The number of halogens is 3. The van der Waals surface area contributed by atoms with E-state index in [1.165, 1.54) is 6.92 Å². The van der Waals surface area contributed by atoms with Crippen LogP contribution in [0.2, 0.25) is 0 Å². The highest BCUT2D eigenvalue weighted by Crippen LogP contribution is 2.65. The Morgan fingerprint density at radius 3 is 2.52 bits per heavy atom. The SMILES string of the molecule is CC(NC(=O)[C@H]1CC[C@H]2[C@@H]3CC[C@H]4NC(=O)C=C[C@]4(C)[C@H]3CC[C@]12C)C(C)C(F)(F)F. The molecule has 0 saturated heterocycles. The maximum Gasteiger partial charge on any atom is 0.393 e. The first-order valence-electron chi connectivity index (χ1n) is 11.7. The summed E-state index contributed by atoms with van der Waals surface area (Å²) >= 11 is 0. The van der Waals surface area contributed by atoms with Crippen molar-refractivity contribution in [3.63, 3.8) is 0 Å². The average molecular weight is 441 g/mol. The average Bonchev–Trinajstić information content (AvgIpc) is 3.04. The molecule has 2 N–H and O–H groups in total. The van der Waals surface area contributed by atoms with Crippen LogP contribution < -0.4 is 10.6 Å². The van der Waals surface area contributed by atoms with Gasteiger partial charge in [0.15, 0.2) is 0 Å².